The molecule has 4 rings (SSSR count). The van der Waals surface area contributed by atoms with Crippen LogP contribution in [0.3, 0.4) is 0 Å². The summed E-state index contributed by atoms with van der Waals surface area (Å²) in [5.74, 6) is 0. The van der Waals surface area contributed by atoms with Gasteiger partial charge in [0, 0.05) is 18.7 Å². The Morgan fingerprint density at radius 2 is 1.90 bits per heavy atom. The summed E-state index contributed by atoms with van der Waals surface area (Å²) in [5.41, 5.74) is 1.20. The lowest BCUT2D eigenvalue weighted by Crippen LogP contribution is -1.87. The van der Waals surface area contributed by atoms with Crippen molar-refractivity contribution in [2.45, 2.75) is 5.38 Å². The first-order valence-electron chi connectivity index (χ1n) is 6.52. The van der Waals surface area contributed by atoms with E-state index in [9.17, 15) is 0 Å². The van der Waals surface area contributed by atoms with Crippen LogP contribution in [0, 0.1) is 0 Å². The molecule has 0 amide bonds. The number of alkyl halides is 1. The molecule has 21 heavy (non-hydrogen) atoms. The molecule has 2 heterocycles. The van der Waals surface area contributed by atoms with Crippen molar-refractivity contribution in [1.29, 1.82) is 0 Å². The van der Waals surface area contributed by atoms with Crippen molar-refractivity contribution >= 4 is 70.4 Å². The summed E-state index contributed by atoms with van der Waals surface area (Å²) in [4.78, 5) is 1.21. The van der Waals surface area contributed by atoms with Crippen LogP contribution >= 0.6 is 50.2 Å². The molecule has 0 radical (unpaired) electrons. The second-order valence-electron chi connectivity index (χ2n) is 4.86. The fourth-order valence-corrected chi connectivity index (χ4v) is 5.68. The van der Waals surface area contributed by atoms with Gasteiger partial charge in [-0.25, -0.2) is 0 Å². The Morgan fingerprint density at radius 1 is 1.05 bits per heavy atom. The Kier molecular flexibility index (Phi) is 3.54. The van der Waals surface area contributed by atoms with E-state index in [1.54, 1.807) is 22.7 Å². The molecule has 0 bridgehead atoms. The lowest BCUT2D eigenvalue weighted by Gasteiger charge is -2.06. The number of thiophene rings is 2. The minimum Gasteiger partial charge on any atom is -0.142 e. The third kappa shape index (κ3) is 2.33. The monoisotopic (exact) mass is 392 g/mol. The molecular weight excluding hydrogens is 384 g/mol. The summed E-state index contributed by atoms with van der Waals surface area (Å²) in [6.45, 7) is 0. The van der Waals surface area contributed by atoms with E-state index in [0.29, 0.717) is 0 Å². The Morgan fingerprint density at radius 3 is 2.76 bits per heavy atom. The van der Waals surface area contributed by atoms with Crippen molar-refractivity contribution in [1.82, 2.24) is 0 Å². The van der Waals surface area contributed by atoms with E-state index in [2.05, 4.69) is 69.8 Å². The first kappa shape index (κ1) is 13.8. The summed E-state index contributed by atoms with van der Waals surface area (Å²) in [6, 6.07) is 16.9. The third-order valence-electron chi connectivity index (χ3n) is 3.55. The molecule has 0 saturated carbocycles. The Hall–Kier alpha value is -0.870. The molecule has 0 aliphatic carbocycles. The molecule has 4 heteroatoms. The van der Waals surface area contributed by atoms with Crippen LogP contribution in [0.15, 0.2) is 58.4 Å². The van der Waals surface area contributed by atoms with Crippen molar-refractivity contribution in [3.8, 4) is 0 Å². The fourth-order valence-electron chi connectivity index (χ4n) is 2.52. The summed E-state index contributed by atoms with van der Waals surface area (Å²) in [6.07, 6.45) is 0. The van der Waals surface area contributed by atoms with E-state index in [1.807, 2.05) is 0 Å². The SMILES string of the molecule is ClC(c1cc2ccccc2s1)c1csc2c(Br)cccc12. The quantitative estimate of drug-likeness (QED) is 0.316. The molecule has 2 aromatic heterocycles. The van der Waals surface area contributed by atoms with Gasteiger partial charge in [-0.1, -0.05) is 30.3 Å². The molecule has 0 aliphatic heterocycles. The molecule has 0 aliphatic rings. The number of halogens is 2. The molecule has 1 atom stereocenters. The van der Waals surface area contributed by atoms with Gasteiger partial charge >= 0.3 is 0 Å². The molecular formula is C17H10BrClS2. The van der Waals surface area contributed by atoms with Crippen LogP contribution in [0.2, 0.25) is 0 Å². The maximum atomic E-state index is 6.78. The van der Waals surface area contributed by atoms with Gasteiger partial charge < -0.3 is 0 Å². The van der Waals surface area contributed by atoms with Crippen LogP contribution in [0.5, 0.6) is 0 Å². The van der Waals surface area contributed by atoms with Gasteiger partial charge in [0.2, 0.25) is 0 Å². The minimum atomic E-state index is -0.0922. The van der Waals surface area contributed by atoms with E-state index in [-0.39, 0.29) is 5.38 Å². The lowest BCUT2D eigenvalue weighted by atomic mass is 10.1. The standard InChI is InChI=1S/C17H10BrClS2/c18-13-6-3-5-11-12(9-20-17(11)13)16(19)15-8-10-4-1-2-7-14(10)21-15/h1-9,16H. The summed E-state index contributed by atoms with van der Waals surface area (Å²) >= 11 is 13.9. The normalized spacial score (nSPS) is 13.0. The van der Waals surface area contributed by atoms with Crippen molar-refractivity contribution in [3.05, 3.63) is 68.8 Å². The Bertz CT molecular complexity index is 905. The smallest absolute Gasteiger partial charge is 0.0942 e. The Labute approximate surface area is 144 Å². The number of hydrogen-bond acceptors (Lipinski definition) is 2. The van der Waals surface area contributed by atoms with Gasteiger partial charge in [0.15, 0.2) is 0 Å². The largest absolute Gasteiger partial charge is 0.142 e. The van der Waals surface area contributed by atoms with Crippen molar-refractivity contribution in [2.24, 2.45) is 0 Å². The van der Waals surface area contributed by atoms with Crippen LogP contribution in [-0.4, -0.2) is 0 Å². The summed E-state index contributed by atoms with van der Waals surface area (Å²) in [7, 11) is 0. The number of fused-ring (bicyclic) bond motifs is 2. The lowest BCUT2D eigenvalue weighted by molar-refractivity contribution is 1.22. The van der Waals surface area contributed by atoms with Crippen LogP contribution in [0.25, 0.3) is 20.2 Å². The maximum absolute atomic E-state index is 6.78. The van der Waals surface area contributed by atoms with Gasteiger partial charge in [0.25, 0.3) is 0 Å². The van der Waals surface area contributed by atoms with Crippen LogP contribution < -0.4 is 0 Å². The number of rotatable bonds is 2. The summed E-state index contributed by atoms with van der Waals surface area (Å²) < 4.78 is 3.69. The average molecular weight is 394 g/mol. The van der Waals surface area contributed by atoms with Gasteiger partial charge in [-0.3, -0.25) is 0 Å². The van der Waals surface area contributed by atoms with Crippen LogP contribution in [-0.2, 0) is 0 Å². The second kappa shape index (κ2) is 5.40. The molecule has 4 aromatic rings. The molecule has 0 N–H and O–H groups in total. The van der Waals surface area contributed by atoms with Crippen molar-refractivity contribution in [3.63, 3.8) is 0 Å². The number of benzene rings is 2. The van der Waals surface area contributed by atoms with Gasteiger partial charge in [0.05, 0.1) is 5.38 Å². The van der Waals surface area contributed by atoms with Crippen LogP contribution in [0.4, 0.5) is 0 Å². The highest BCUT2D eigenvalue weighted by atomic mass is 79.9. The van der Waals surface area contributed by atoms with E-state index < -0.39 is 0 Å². The predicted octanol–water partition coefficient (Wildman–Crippen LogP) is 7.21. The zero-order valence-corrected chi connectivity index (χ0v) is 14.8. The van der Waals surface area contributed by atoms with E-state index in [1.165, 1.54) is 30.6 Å². The fraction of sp³-hybridized carbons (Fsp3) is 0.0588. The molecule has 1 unspecified atom stereocenters. The highest BCUT2D eigenvalue weighted by molar-refractivity contribution is 9.10. The van der Waals surface area contributed by atoms with E-state index in [0.717, 1.165) is 4.47 Å². The minimum absolute atomic E-state index is 0.0922. The third-order valence-corrected chi connectivity index (χ3v) is 7.30. The van der Waals surface area contributed by atoms with Gasteiger partial charge in [-0.15, -0.1) is 34.3 Å². The molecule has 0 nitrogen and oxygen atoms in total. The number of hydrogen-bond donors (Lipinski definition) is 0. The Balaban J connectivity index is 1.85. The van der Waals surface area contributed by atoms with Crippen LogP contribution in [0.1, 0.15) is 15.8 Å². The van der Waals surface area contributed by atoms with Crippen molar-refractivity contribution in [2.75, 3.05) is 0 Å². The topological polar surface area (TPSA) is 0 Å². The zero-order valence-electron chi connectivity index (χ0n) is 10.8. The molecule has 104 valence electrons. The highest BCUT2D eigenvalue weighted by Crippen LogP contribution is 2.43. The first-order chi connectivity index (χ1) is 10.2. The predicted molar refractivity (Wildman–Crippen MR) is 99.0 cm³/mol. The van der Waals surface area contributed by atoms with Gasteiger partial charge in [-0.2, -0.15) is 0 Å². The molecule has 0 fully saturated rings. The van der Waals surface area contributed by atoms with Gasteiger partial charge in [0.1, 0.15) is 0 Å². The summed E-state index contributed by atoms with van der Waals surface area (Å²) in [5, 5.41) is 4.60. The second-order valence-corrected chi connectivity index (χ2v) is 8.14. The first-order valence-corrected chi connectivity index (χ1v) is 9.45. The maximum Gasteiger partial charge on any atom is 0.0942 e. The van der Waals surface area contributed by atoms with E-state index in [4.69, 9.17) is 11.6 Å². The average Bonchev–Trinajstić information content (AvgIpc) is 3.11. The molecule has 0 spiro atoms. The van der Waals surface area contributed by atoms with Crippen molar-refractivity contribution < 1.29 is 0 Å². The van der Waals surface area contributed by atoms with Gasteiger partial charge in [-0.05, 0) is 55.8 Å². The molecule has 0 saturated heterocycles. The zero-order chi connectivity index (χ0) is 14.4. The molecule has 2 aromatic carbocycles. The highest BCUT2D eigenvalue weighted by Gasteiger charge is 2.18. The van der Waals surface area contributed by atoms with E-state index >= 15 is 0 Å².